The van der Waals surface area contributed by atoms with Crippen LogP contribution in [0.3, 0.4) is 0 Å². The SMILES string of the molecule is COCC(CO)NC(C)c1ccc(F)c(Br)c1. The molecule has 0 aromatic heterocycles. The number of hydrogen-bond acceptors (Lipinski definition) is 3. The molecule has 0 radical (unpaired) electrons. The van der Waals surface area contributed by atoms with Crippen molar-refractivity contribution < 1.29 is 14.2 Å². The molecule has 0 bridgehead atoms. The first-order chi connectivity index (χ1) is 8.08. The van der Waals surface area contributed by atoms with Gasteiger partial charge in [0.25, 0.3) is 0 Å². The molecule has 0 saturated carbocycles. The van der Waals surface area contributed by atoms with Gasteiger partial charge >= 0.3 is 0 Å². The molecule has 0 aliphatic carbocycles. The van der Waals surface area contributed by atoms with Crippen LogP contribution in [-0.4, -0.2) is 31.5 Å². The normalized spacial score (nSPS) is 14.6. The summed E-state index contributed by atoms with van der Waals surface area (Å²) in [5.74, 6) is -0.281. The Morgan fingerprint density at radius 2 is 2.24 bits per heavy atom. The van der Waals surface area contributed by atoms with Gasteiger partial charge in [-0.2, -0.15) is 0 Å². The van der Waals surface area contributed by atoms with Crippen molar-refractivity contribution in [3.63, 3.8) is 0 Å². The smallest absolute Gasteiger partial charge is 0.137 e. The number of ether oxygens (including phenoxy) is 1. The van der Waals surface area contributed by atoms with Crippen LogP contribution >= 0.6 is 15.9 Å². The van der Waals surface area contributed by atoms with Gasteiger partial charge in [-0.3, -0.25) is 0 Å². The fraction of sp³-hybridized carbons (Fsp3) is 0.500. The van der Waals surface area contributed by atoms with Gasteiger partial charge in [-0.15, -0.1) is 0 Å². The fourth-order valence-corrected chi connectivity index (χ4v) is 1.98. The van der Waals surface area contributed by atoms with Crippen molar-refractivity contribution in [2.75, 3.05) is 20.3 Å². The molecule has 0 amide bonds. The molecule has 1 rings (SSSR count). The monoisotopic (exact) mass is 305 g/mol. The molecule has 5 heteroatoms. The molecule has 1 aromatic carbocycles. The zero-order valence-electron chi connectivity index (χ0n) is 9.91. The van der Waals surface area contributed by atoms with Gasteiger partial charge in [0.1, 0.15) is 5.82 Å². The van der Waals surface area contributed by atoms with Gasteiger partial charge in [0.05, 0.1) is 23.7 Å². The molecule has 0 aliphatic rings. The minimum atomic E-state index is -0.281. The lowest BCUT2D eigenvalue weighted by molar-refractivity contribution is 0.123. The lowest BCUT2D eigenvalue weighted by Gasteiger charge is -2.21. The third kappa shape index (κ3) is 4.35. The number of methoxy groups -OCH3 is 1. The van der Waals surface area contributed by atoms with Crippen LogP contribution in [0.25, 0.3) is 0 Å². The molecule has 2 N–H and O–H groups in total. The van der Waals surface area contributed by atoms with Crippen molar-refractivity contribution in [1.29, 1.82) is 0 Å². The summed E-state index contributed by atoms with van der Waals surface area (Å²) in [4.78, 5) is 0. The van der Waals surface area contributed by atoms with E-state index in [4.69, 9.17) is 9.84 Å². The van der Waals surface area contributed by atoms with Gasteiger partial charge in [0.2, 0.25) is 0 Å². The molecule has 0 heterocycles. The maximum absolute atomic E-state index is 13.1. The number of aliphatic hydroxyl groups excluding tert-OH is 1. The van der Waals surface area contributed by atoms with E-state index in [1.807, 2.05) is 6.92 Å². The minimum Gasteiger partial charge on any atom is -0.395 e. The summed E-state index contributed by atoms with van der Waals surface area (Å²) >= 11 is 3.15. The number of rotatable bonds is 6. The third-order valence-corrected chi connectivity index (χ3v) is 3.13. The summed E-state index contributed by atoms with van der Waals surface area (Å²) in [5, 5.41) is 12.4. The molecule has 0 aliphatic heterocycles. The average Bonchev–Trinajstić information content (AvgIpc) is 2.31. The second kappa shape index (κ2) is 7.06. The largest absolute Gasteiger partial charge is 0.395 e. The predicted octanol–water partition coefficient (Wildman–Crippen LogP) is 2.25. The maximum atomic E-state index is 13.1. The maximum Gasteiger partial charge on any atom is 0.137 e. The summed E-state index contributed by atoms with van der Waals surface area (Å²) in [6, 6.07) is 4.76. The zero-order chi connectivity index (χ0) is 12.8. The number of halogens is 2. The van der Waals surface area contributed by atoms with Gasteiger partial charge in [-0.05, 0) is 40.5 Å². The van der Waals surface area contributed by atoms with Crippen LogP contribution in [0.1, 0.15) is 18.5 Å². The molecule has 17 heavy (non-hydrogen) atoms. The Kier molecular flexibility index (Phi) is 6.05. The Morgan fingerprint density at radius 1 is 1.53 bits per heavy atom. The van der Waals surface area contributed by atoms with E-state index in [-0.39, 0.29) is 24.5 Å². The van der Waals surface area contributed by atoms with Gasteiger partial charge in [0, 0.05) is 13.2 Å². The van der Waals surface area contributed by atoms with Crippen molar-refractivity contribution in [1.82, 2.24) is 5.32 Å². The van der Waals surface area contributed by atoms with Gasteiger partial charge in [-0.1, -0.05) is 6.07 Å². The summed E-state index contributed by atoms with van der Waals surface area (Å²) < 4.78 is 18.5. The van der Waals surface area contributed by atoms with Crippen molar-refractivity contribution in [2.45, 2.75) is 19.0 Å². The van der Waals surface area contributed by atoms with Crippen LogP contribution in [0.2, 0.25) is 0 Å². The van der Waals surface area contributed by atoms with Crippen molar-refractivity contribution in [3.05, 3.63) is 34.1 Å². The highest BCUT2D eigenvalue weighted by atomic mass is 79.9. The van der Waals surface area contributed by atoms with Crippen LogP contribution in [-0.2, 0) is 4.74 Å². The Hall–Kier alpha value is -0.490. The Morgan fingerprint density at radius 3 is 2.76 bits per heavy atom. The number of aliphatic hydroxyl groups is 1. The Bertz CT molecular complexity index is 362. The van der Waals surface area contributed by atoms with E-state index in [0.29, 0.717) is 11.1 Å². The van der Waals surface area contributed by atoms with E-state index in [1.54, 1.807) is 19.2 Å². The standard InChI is InChI=1S/C12H17BrFNO2/c1-8(15-10(6-16)7-17-2)9-3-4-12(14)11(13)5-9/h3-5,8,10,15-16H,6-7H2,1-2H3. The molecule has 0 saturated heterocycles. The van der Waals surface area contributed by atoms with Gasteiger partial charge in [0.15, 0.2) is 0 Å². The van der Waals surface area contributed by atoms with E-state index >= 15 is 0 Å². The van der Waals surface area contributed by atoms with E-state index < -0.39 is 0 Å². The lowest BCUT2D eigenvalue weighted by atomic mass is 10.1. The van der Waals surface area contributed by atoms with E-state index in [0.717, 1.165) is 5.56 Å². The van der Waals surface area contributed by atoms with Gasteiger partial charge in [-0.25, -0.2) is 4.39 Å². The first kappa shape index (κ1) is 14.6. The van der Waals surface area contributed by atoms with Crippen LogP contribution in [0, 0.1) is 5.82 Å². The summed E-state index contributed by atoms with van der Waals surface area (Å²) in [6.45, 7) is 2.39. The van der Waals surface area contributed by atoms with Crippen LogP contribution < -0.4 is 5.32 Å². The lowest BCUT2D eigenvalue weighted by Crippen LogP contribution is -2.38. The molecule has 0 spiro atoms. The van der Waals surface area contributed by atoms with Crippen LogP contribution in [0.15, 0.2) is 22.7 Å². The molecule has 3 nitrogen and oxygen atoms in total. The highest BCUT2D eigenvalue weighted by Gasteiger charge is 2.13. The highest BCUT2D eigenvalue weighted by Crippen LogP contribution is 2.21. The molecule has 2 unspecified atom stereocenters. The molecule has 1 aromatic rings. The summed E-state index contributed by atoms with van der Waals surface area (Å²) in [6.07, 6.45) is 0. The summed E-state index contributed by atoms with van der Waals surface area (Å²) in [7, 11) is 1.59. The van der Waals surface area contributed by atoms with Crippen LogP contribution in [0.4, 0.5) is 4.39 Å². The number of benzene rings is 1. The molecule has 2 atom stereocenters. The zero-order valence-corrected chi connectivity index (χ0v) is 11.5. The first-order valence-corrected chi connectivity index (χ1v) is 6.18. The molecule has 96 valence electrons. The number of hydrogen-bond donors (Lipinski definition) is 2. The van der Waals surface area contributed by atoms with E-state index in [2.05, 4.69) is 21.2 Å². The average molecular weight is 306 g/mol. The Balaban J connectivity index is 2.68. The quantitative estimate of drug-likeness (QED) is 0.847. The third-order valence-electron chi connectivity index (χ3n) is 2.52. The molecule has 0 fully saturated rings. The Labute approximate surface area is 109 Å². The van der Waals surface area contributed by atoms with Crippen LogP contribution in [0.5, 0.6) is 0 Å². The topological polar surface area (TPSA) is 41.5 Å². The molecular weight excluding hydrogens is 289 g/mol. The highest BCUT2D eigenvalue weighted by molar-refractivity contribution is 9.10. The fourth-order valence-electron chi connectivity index (χ4n) is 1.59. The minimum absolute atomic E-state index is 0.000540. The van der Waals surface area contributed by atoms with Crippen molar-refractivity contribution in [3.8, 4) is 0 Å². The molecular formula is C12H17BrFNO2. The second-order valence-corrected chi connectivity index (χ2v) is 4.75. The van der Waals surface area contributed by atoms with Crippen molar-refractivity contribution in [2.24, 2.45) is 0 Å². The van der Waals surface area contributed by atoms with Crippen molar-refractivity contribution >= 4 is 15.9 Å². The second-order valence-electron chi connectivity index (χ2n) is 3.90. The summed E-state index contributed by atoms with van der Waals surface area (Å²) in [5.41, 5.74) is 0.952. The van der Waals surface area contributed by atoms with E-state index in [1.165, 1.54) is 6.07 Å². The van der Waals surface area contributed by atoms with Gasteiger partial charge < -0.3 is 15.2 Å². The predicted molar refractivity (Wildman–Crippen MR) is 68.4 cm³/mol. The number of nitrogens with one attached hydrogen (secondary N) is 1. The first-order valence-electron chi connectivity index (χ1n) is 5.39. The van der Waals surface area contributed by atoms with E-state index in [9.17, 15) is 4.39 Å².